The van der Waals surface area contributed by atoms with Crippen molar-refractivity contribution in [2.45, 2.75) is 20.3 Å². The second-order valence-corrected chi connectivity index (χ2v) is 11.3. The van der Waals surface area contributed by atoms with Crippen LogP contribution in [0.1, 0.15) is 37.0 Å². The predicted octanol–water partition coefficient (Wildman–Crippen LogP) is 12.8. The van der Waals surface area contributed by atoms with Crippen LogP contribution < -0.4 is 5.32 Å². The third-order valence-electron chi connectivity index (χ3n) is 8.12. The van der Waals surface area contributed by atoms with E-state index in [0.29, 0.717) is 0 Å². The van der Waals surface area contributed by atoms with E-state index in [0.717, 1.165) is 45.8 Å². The second kappa shape index (κ2) is 15.9. The minimum Gasteiger partial charge on any atom is -0.361 e. The van der Waals surface area contributed by atoms with Crippen molar-refractivity contribution < 1.29 is 0 Å². The Morgan fingerprint density at radius 1 is 0.702 bits per heavy atom. The zero-order valence-electron chi connectivity index (χ0n) is 27.3. The third kappa shape index (κ3) is 8.45. The van der Waals surface area contributed by atoms with Crippen molar-refractivity contribution in [3.8, 4) is 22.4 Å². The number of nitrogens with one attached hydrogen (secondary N) is 2. The number of aromatic nitrogens is 1. The number of hydrogen-bond donors (Lipinski definition) is 2. The molecule has 0 fully saturated rings. The van der Waals surface area contributed by atoms with E-state index in [2.05, 4.69) is 147 Å². The third-order valence-corrected chi connectivity index (χ3v) is 8.12. The average molecular weight is 611 g/mol. The monoisotopic (exact) mass is 610 g/mol. The van der Waals surface area contributed by atoms with Gasteiger partial charge in [0.2, 0.25) is 0 Å². The molecule has 1 aromatic heterocycles. The van der Waals surface area contributed by atoms with Crippen LogP contribution in [0.2, 0.25) is 0 Å². The van der Waals surface area contributed by atoms with Gasteiger partial charge in [-0.25, -0.2) is 0 Å². The molecule has 0 spiro atoms. The first-order chi connectivity index (χ1) is 23.0. The number of anilines is 1. The van der Waals surface area contributed by atoms with E-state index in [1.807, 2.05) is 54.7 Å². The maximum atomic E-state index is 4.24. The first-order valence-corrected chi connectivity index (χ1v) is 16.0. The Morgan fingerprint density at radius 2 is 1.36 bits per heavy atom. The van der Waals surface area contributed by atoms with Crippen LogP contribution in [0, 0.1) is 0 Å². The largest absolute Gasteiger partial charge is 0.361 e. The number of hydrogen-bond acceptors (Lipinski definition) is 1. The highest BCUT2D eigenvalue weighted by atomic mass is 14.9. The lowest BCUT2D eigenvalue weighted by atomic mass is 9.95. The summed E-state index contributed by atoms with van der Waals surface area (Å²) < 4.78 is 0. The number of rotatable bonds is 10. The molecular weight excluding hydrogens is 569 g/mol. The normalized spacial score (nSPS) is 11.1. The lowest BCUT2D eigenvalue weighted by Gasteiger charge is -2.14. The molecule has 0 aliphatic carbocycles. The van der Waals surface area contributed by atoms with Crippen molar-refractivity contribution in [3.63, 3.8) is 0 Å². The predicted molar refractivity (Wildman–Crippen MR) is 207 cm³/mol. The smallest absolute Gasteiger partial charge is 0.0454 e. The standard InChI is InChI=1S/C30H24N2.C15H18/c1-3-22-18-25(15-16-29(22)21(2)32-28-8-5-4-6-9-28)24-13-11-23-12-14-26(20-27(23)19-24)30-10-7-17-31-30;1-4-13(3)11-12-14(5-2)15-9-7-6-8-10-15/h3-20,31-32H,1-2H2;5-12H,3-4H2,1-2H3/b;12-11-,14-5+. The quantitative estimate of drug-likeness (QED) is 0.148. The van der Waals surface area contributed by atoms with Gasteiger partial charge in [-0.3, -0.25) is 0 Å². The molecule has 0 aliphatic rings. The first kappa shape index (κ1) is 32.5. The topological polar surface area (TPSA) is 27.8 Å². The Balaban J connectivity index is 0.000000244. The molecular formula is C45H42N2. The van der Waals surface area contributed by atoms with Crippen LogP contribution in [-0.2, 0) is 0 Å². The van der Waals surface area contributed by atoms with E-state index in [4.69, 9.17) is 0 Å². The average Bonchev–Trinajstić information content (AvgIpc) is 3.67. The summed E-state index contributed by atoms with van der Waals surface area (Å²) in [5.41, 5.74) is 12.3. The molecule has 0 radical (unpaired) electrons. The first-order valence-electron chi connectivity index (χ1n) is 16.0. The van der Waals surface area contributed by atoms with E-state index >= 15 is 0 Å². The molecule has 1 heterocycles. The van der Waals surface area contributed by atoms with Gasteiger partial charge in [-0.2, -0.15) is 0 Å². The molecule has 47 heavy (non-hydrogen) atoms. The van der Waals surface area contributed by atoms with E-state index in [1.54, 1.807) is 0 Å². The van der Waals surface area contributed by atoms with E-state index < -0.39 is 0 Å². The van der Waals surface area contributed by atoms with Crippen LogP contribution >= 0.6 is 0 Å². The molecule has 5 aromatic carbocycles. The summed E-state index contributed by atoms with van der Waals surface area (Å²) in [6, 6.07) is 44.2. The highest BCUT2D eigenvalue weighted by molar-refractivity contribution is 5.91. The SMILES string of the molecule is C=C(/C=C\C(=C/C)c1ccccc1)CC.C=Cc1cc(-c2ccc3ccc(-c4ccc[nH]4)cc3c2)ccc1C(=C)Nc1ccccc1. The molecule has 2 N–H and O–H groups in total. The molecule has 232 valence electrons. The Morgan fingerprint density at radius 3 is 2.02 bits per heavy atom. The van der Waals surface area contributed by atoms with E-state index in [9.17, 15) is 0 Å². The van der Waals surface area contributed by atoms with Crippen molar-refractivity contribution >= 4 is 33.8 Å². The number of aromatic amines is 1. The minimum absolute atomic E-state index is 0.853. The molecule has 6 aromatic rings. The summed E-state index contributed by atoms with van der Waals surface area (Å²) in [7, 11) is 0. The van der Waals surface area contributed by atoms with Gasteiger partial charge in [0.1, 0.15) is 0 Å². The number of H-pyrrole nitrogens is 1. The number of fused-ring (bicyclic) bond motifs is 1. The van der Waals surface area contributed by atoms with Gasteiger partial charge in [-0.05, 0) is 100.0 Å². The molecule has 0 amide bonds. The molecule has 2 heteroatoms. The van der Waals surface area contributed by atoms with E-state index in [1.165, 1.54) is 33.0 Å². The highest BCUT2D eigenvalue weighted by Crippen LogP contribution is 2.31. The highest BCUT2D eigenvalue weighted by Gasteiger charge is 2.09. The summed E-state index contributed by atoms with van der Waals surface area (Å²) in [5.74, 6) is 0. The zero-order valence-corrected chi connectivity index (χ0v) is 27.3. The summed E-state index contributed by atoms with van der Waals surface area (Å²) >= 11 is 0. The molecule has 0 aliphatic heterocycles. The van der Waals surface area contributed by atoms with Crippen molar-refractivity contribution in [3.05, 3.63) is 194 Å². The minimum atomic E-state index is 0.853. The molecule has 0 saturated heterocycles. The molecule has 0 bridgehead atoms. The summed E-state index contributed by atoms with van der Waals surface area (Å²) in [5, 5.41) is 5.83. The maximum absolute atomic E-state index is 4.24. The van der Waals surface area contributed by atoms with Gasteiger partial charge in [-0.15, -0.1) is 0 Å². The summed E-state index contributed by atoms with van der Waals surface area (Å²) in [6.45, 7) is 16.4. The lowest BCUT2D eigenvalue weighted by molar-refractivity contribution is 1.16. The van der Waals surface area contributed by atoms with Crippen LogP contribution in [0.4, 0.5) is 5.69 Å². The number of allylic oxidation sites excluding steroid dienone is 5. The van der Waals surface area contributed by atoms with Gasteiger partial charge in [0.15, 0.2) is 0 Å². The fraction of sp³-hybridized carbons (Fsp3) is 0.0667. The molecule has 0 unspecified atom stereocenters. The zero-order chi connectivity index (χ0) is 33.0. The van der Waals surface area contributed by atoms with E-state index in [-0.39, 0.29) is 0 Å². The second-order valence-electron chi connectivity index (χ2n) is 11.3. The van der Waals surface area contributed by atoms with Gasteiger partial charge in [0.25, 0.3) is 0 Å². The van der Waals surface area contributed by atoms with Crippen molar-refractivity contribution in [2.24, 2.45) is 0 Å². The van der Waals surface area contributed by atoms with Crippen LogP contribution in [-0.4, -0.2) is 4.98 Å². The van der Waals surface area contributed by atoms with Crippen LogP contribution in [0.25, 0.3) is 50.5 Å². The van der Waals surface area contributed by atoms with Gasteiger partial charge in [-0.1, -0.05) is 141 Å². The van der Waals surface area contributed by atoms with Crippen molar-refractivity contribution in [1.82, 2.24) is 4.98 Å². The Hall–Kier alpha value is -5.86. The van der Waals surface area contributed by atoms with Crippen molar-refractivity contribution in [2.75, 3.05) is 5.32 Å². The van der Waals surface area contributed by atoms with Gasteiger partial charge in [0, 0.05) is 28.8 Å². The summed E-state index contributed by atoms with van der Waals surface area (Å²) in [6.07, 6.45) is 11.2. The van der Waals surface area contributed by atoms with Crippen LogP contribution in [0.5, 0.6) is 0 Å². The Labute approximate surface area is 279 Å². The molecule has 2 nitrogen and oxygen atoms in total. The Bertz CT molecular complexity index is 2030. The molecule has 6 rings (SSSR count). The Kier molecular flexibility index (Phi) is 11.0. The van der Waals surface area contributed by atoms with Gasteiger partial charge in [0.05, 0.1) is 0 Å². The van der Waals surface area contributed by atoms with Crippen molar-refractivity contribution in [1.29, 1.82) is 0 Å². The lowest BCUT2D eigenvalue weighted by Crippen LogP contribution is -1.99. The van der Waals surface area contributed by atoms with Gasteiger partial charge < -0.3 is 10.3 Å². The fourth-order valence-electron chi connectivity index (χ4n) is 5.37. The molecule has 0 atom stereocenters. The maximum Gasteiger partial charge on any atom is 0.0454 e. The fourth-order valence-corrected chi connectivity index (χ4v) is 5.37. The summed E-state index contributed by atoms with van der Waals surface area (Å²) in [4.78, 5) is 3.29. The van der Waals surface area contributed by atoms with Crippen LogP contribution in [0.15, 0.2) is 177 Å². The van der Waals surface area contributed by atoms with Gasteiger partial charge >= 0.3 is 0 Å². The number of benzene rings is 5. The molecule has 0 saturated carbocycles. The number of para-hydroxylation sites is 1. The van der Waals surface area contributed by atoms with Crippen LogP contribution in [0.3, 0.4) is 0 Å².